The van der Waals surface area contributed by atoms with Gasteiger partial charge in [0.05, 0.1) is 0 Å². The number of carbonyl (C=O) groups excluding carboxylic acids is 1. The average molecular weight is 255 g/mol. The van der Waals surface area contributed by atoms with E-state index in [-0.39, 0.29) is 11.8 Å². The summed E-state index contributed by atoms with van der Waals surface area (Å²) in [5, 5.41) is 11.6. The molecule has 0 spiro atoms. The second-order valence-corrected chi connectivity index (χ2v) is 4.57. The number of allylic oxidation sites excluding steroid dienone is 1. The van der Waals surface area contributed by atoms with Crippen molar-refractivity contribution < 1.29 is 14.7 Å². The molecule has 0 bridgehead atoms. The Kier molecular flexibility index (Phi) is 8.08. The van der Waals surface area contributed by atoms with Gasteiger partial charge in [-0.25, -0.2) is 4.79 Å². The van der Waals surface area contributed by atoms with Crippen LogP contribution in [0.4, 0.5) is 0 Å². The first kappa shape index (κ1) is 16.7. The predicted molar refractivity (Wildman–Crippen MR) is 72.2 cm³/mol. The van der Waals surface area contributed by atoms with Crippen molar-refractivity contribution in [2.75, 3.05) is 0 Å². The van der Waals surface area contributed by atoms with Crippen LogP contribution < -0.4 is 5.32 Å². The van der Waals surface area contributed by atoms with Crippen molar-refractivity contribution in [3.8, 4) is 0 Å². The normalized spacial score (nSPS) is 14.7. The molecule has 0 radical (unpaired) electrons. The molecule has 0 heterocycles. The largest absolute Gasteiger partial charge is 0.480 e. The van der Waals surface area contributed by atoms with Gasteiger partial charge in [0.15, 0.2) is 0 Å². The minimum Gasteiger partial charge on any atom is -0.480 e. The molecule has 4 heteroatoms. The fourth-order valence-corrected chi connectivity index (χ4v) is 2.01. The summed E-state index contributed by atoms with van der Waals surface area (Å²) in [6.07, 6.45) is 5.72. The van der Waals surface area contributed by atoms with E-state index in [0.717, 1.165) is 12.8 Å². The molecule has 0 aromatic heterocycles. The lowest BCUT2D eigenvalue weighted by molar-refractivity contribution is -0.142. The minimum atomic E-state index is -0.988. The van der Waals surface area contributed by atoms with E-state index in [4.69, 9.17) is 5.11 Å². The number of hydrogen-bond acceptors (Lipinski definition) is 2. The fourth-order valence-electron chi connectivity index (χ4n) is 2.01. The lowest BCUT2D eigenvalue weighted by Crippen LogP contribution is -2.44. The zero-order chi connectivity index (χ0) is 14.1. The second kappa shape index (κ2) is 8.72. The Balaban J connectivity index is 4.53. The summed E-state index contributed by atoms with van der Waals surface area (Å²) in [6, 6.07) is -0.828. The second-order valence-electron chi connectivity index (χ2n) is 4.57. The molecule has 1 amide bonds. The Morgan fingerprint density at radius 2 is 1.83 bits per heavy atom. The van der Waals surface area contributed by atoms with Crippen molar-refractivity contribution in [1.82, 2.24) is 5.32 Å². The van der Waals surface area contributed by atoms with Gasteiger partial charge >= 0.3 is 5.97 Å². The molecule has 2 unspecified atom stereocenters. The SMILES string of the molecule is C/C=C/CC(NC(=O)C(C)C(CC)CC)C(=O)O. The fraction of sp³-hybridized carbons (Fsp3) is 0.714. The molecule has 0 saturated heterocycles. The van der Waals surface area contributed by atoms with Crippen LogP contribution in [0.25, 0.3) is 0 Å². The summed E-state index contributed by atoms with van der Waals surface area (Å²) >= 11 is 0. The van der Waals surface area contributed by atoms with Crippen LogP contribution in [0.2, 0.25) is 0 Å². The van der Waals surface area contributed by atoms with E-state index in [1.165, 1.54) is 0 Å². The molecule has 0 rings (SSSR count). The number of carboxylic acid groups (broad SMARTS) is 1. The van der Waals surface area contributed by atoms with Crippen molar-refractivity contribution in [1.29, 1.82) is 0 Å². The van der Waals surface area contributed by atoms with E-state index in [0.29, 0.717) is 12.3 Å². The minimum absolute atomic E-state index is 0.146. The van der Waals surface area contributed by atoms with E-state index >= 15 is 0 Å². The van der Waals surface area contributed by atoms with Crippen LogP contribution in [0.15, 0.2) is 12.2 Å². The number of amides is 1. The Morgan fingerprint density at radius 3 is 2.22 bits per heavy atom. The topological polar surface area (TPSA) is 66.4 Å². The highest BCUT2D eigenvalue weighted by atomic mass is 16.4. The third kappa shape index (κ3) is 5.34. The number of carboxylic acids is 1. The van der Waals surface area contributed by atoms with Gasteiger partial charge < -0.3 is 10.4 Å². The van der Waals surface area contributed by atoms with Crippen molar-refractivity contribution in [2.24, 2.45) is 11.8 Å². The number of carbonyl (C=O) groups is 2. The molecule has 0 aliphatic rings. The molecule has 0 aliphatic heterocycles. The quantitative estimate of drug-likeness (QED) is 0.655. The molecule has 104 valence electrons. The van der Waals surface area contributed by atoms with Crippen molar-refractivity contribution >= 4 is 11.9 Å². The molecule has 0 fully saturated rings. The molecule has 0 aliphatic carbocycles. The molecule has 18 heavy (non-hydrogen) atoms. The van der Waals surface area contributed by atoms with Crippen LogP contribution in [0.1, 0.15) is 47.0 Å². The number of aliphatic carboxylic acids is 1. The van der Waals surface area contributed by atoms with E-state index in [9.17, 15) is 9.59 Å². The standard InChI is InChI=1S/C14H25NO3/c1-5-8-9-12(14(17)18)15-13(16)10(4)11(6-2)7-3/h5,8,10-12H,6-7,9H2,1-4H3,(H,15,16)(H,17,18)/b8-5+. The highest BCUT2D eigenvalue weighted by Crippen LogP contribution is 2.19. The number of nitrogens with one attached hydrogen (secondary N) is 1. The zero-order valence-electron chi connectivity index (χ0n) is 11.8. The smallest absolute Gasteiger partial charge is 0.326 e. The summed E-state index contributed by atoms with van der Waals surface area (Å²) in [5.74, 6) is -0.993. The van der Waals surface area contributed by atoms with Gasteiger partial charge in [-0.2, -0.15) is 0 Å². The van der Waals surface area contributed by atoms with Crippen molar-refractivity contribution in [3.63, 3.8) is 0 Å². The summed E-state index contributed by atoms with van der Waals surface area (Å²) in [4.78, 5) is 23.0. The van der Waals surface area contributed by atoms with E-state index in [1.807, 2.05) is 27.7 Å². The molecule has 2 N–H and O–H groups in total. The van der Waals surface area contributed by atoms with E-state index < -0.39 is 12.0 Å². The molecule has 4 nitrogen and oxygen atoms in total. The molecule has 2 atom stereocenters. The predicted octanol–water partition coefficient (Wildman–Crippen LogP) is 2.59. The van der Waals surface area contributed by atoms with Crippen LogP contribution in [0, 0.1) is 11.8 Å². The summed E-state index contributed by atoms with van der Waals surface area (Å²) < 4.78 is 0. The Hall–Kier alpha value is -1.32. The first-order chi connectivity index (χ1) is 8.47. The van der Waals surface area contributed by atoms with Gasteiger partial charge in [0.2, 0.25) is 5.91 Å². The van der Waals surface area contributed by atoms with Crippen molar-refractivity contribution in [2.45, 2.75) is 53.0 Å². The van der Waals surface area contributed by atoms with Crippen LogP contribution in [-0.4, -0.2) is 23.0 Å². The highest BCUT2D eigenvalue weighted by Gasteiger charge is 2.25. The Bertz CT molecular complexity index is 295. The van der Waals surface area contributed by atoms with Crippen LogP contribution >= 0.6 is 0 Å². The van der Waals surface area contributed by atoms with Crippen LogP contribution in [0.3, 0.4) is 0 Å². The molecular weight excluding hydrogens is 230 g/mol. The van der Waals surface area contributed by atoms with Gasteiger partial charge in [0.1, 0.15) is 6.04 Å². The maximum atomic E-state index is 12.0. The first-order valence-electron chi connectivity index (χ1n) is 6.62. The third-order valence-electron chi connectivity index (χ3n) is 3.39. The van der Waals surface area contributed by atoms with Gasteiger partial charge in [0, 0.05) is 5.92 Å². The Morgan fingerprint density at radius 1 is 1.28 bits per heavy atom. The van der Waals surface area contributed by atoms with Crippen LogP contribution in [0.5, 0.6) is 0 Å². The maximum Gasteiger partial charge on any atom is 0.326 e. The molecule has 0 saturated carbocycles. The summed E-state index contributed by atoms with van der Waals surface area (Å²) in [7, 11) is 0. The molecular formula is C14H25NO3. The summed E-state index contributed by atoms with van der Waals surface area (Å²) in [5.41, 5.74) is 0. The van der Waals surface area contributed by atoms with Gasteiger partial charge in [-0.05, 0) is 19.3 Å². The Labute approximate surface area is 109 Å². The lowest BCUT2D eigenvalue weighted by Gasteiger charge is -2.22. The number of rotatable bonds is 8. The highest BCUT2D eigenvalue weighted by molar-refractivity contribution is 5.85. The van der Waals surface area contributed by atoms with Gasteiger partial charge in [-0.3, -0.25) is 4.79 Å². The van der Waals surface area contributed by atoms with Gasteiger partial charge in [-0.1, -0.05) is 45.8 Å². The lowest BCUT2D eigenvalue weighted by atomic mass is 9.88. The molecule has 0 aromatic rings. The zero-order valence-corrected chi connectivity index (χ0v) is 11.8. The van der Waals surface area contributed by atoms with Crippen LogP contribution in [-0.2, 0) is 9.59 Å². The van der Waals surface area contributed by atoms with Gasteiger partial charge in [0.25, 0.3) is 0 Å². The van der Waals surface area contributed by atoms with Gasteiger partial charge in [-0.15, -0.1) is 0 Å². The van der Waals surface area contributed by atoms with E-state index in [1.54, 1.807) is 12.2 Å². The summed E-state index contributed by atoms with van der Waals surface area (Å²) in [6.45, 7) is 7.79. The maximum absolute atomic E-state index is 12.0. The third-order valence-corrected chi connectivity index (χ3v) is 3.39. The average Bonchev–Trinajstić information content (AvgIpc) is 2.35. The van der Waals surface area contributed by atoms with E-state index in [2.05, 4.69) is 5.32 Å². The van der Waals surface area contributed by atoms with Crippen molar-refractivity contribution in [3.05, 3.63) is 12.2 Å². The number of hydrogen-bond donors (Lipinski definition) is 2. The molecule has 0 aromatic carbocycles. The first-order valence-corrected chi connectivity index (χ1v) is 6.62. The monoisotopic (exact) mass is 255 g/mol.